The third kappa shape index (κ3) is 2.60. The first-order valence-electron chi connectivity index (χ1n) is 5.10. The molecule has 1 aromatic carbocycles. The number of ether oxygens (including phenoxy) is 1. The predicted octanol–water partition coefficient (Wildman–Crippen LogP) is 0.891. The van der Waals surface area contributed by atoms with Gasteiger partial charge in [0.15, 0.2) is 5.17 Å². The quantitative estimate of drug-likeness (QED) is 0.859. The van der Waals surface area contributed by atoms with Gasteiger partial charge in [0.25, 0.3) is 10.0 Å². The molecule has 0 fully saturated rings. The molecule has 2 N–H and O–H groups in total. The first-order valence-corrected chi connectivity index (χ1v) is 7.53. The average Bonchev–Trinajstić information content (AvgIpc) is 2.35. The lowest BCUT2D eigenvalue weighted by Gasteiger charge is -2.17. The van der Waals surface area contributed by atoms with Crippen LogP contribution in [-0.4, -0.2) is 38.2 Å². The average molecular weight is 288 g/mol. The minimum atomic E-state index is -3.71. The highest BCUT2D eigenvalue weighted by Gasteiger charge is 2.25. The van der Waals surface area contributed by atoms with E-state index in [4.69, 9.17) is 9.84 Å². The molecule has 0 atom stereocenters. The number of aliphatic hydroxyl groups is 1. The molecule has 98 valence electrons. The van der Waals surface area contributed by atoms with Crippen molar-refractivity contribution in [3.63, 3.8) is 0 Å². The zero-order valence-electron chi connectivity index (χ0n) is 9.58. The maximum atomic E-state index is 12.0. The molecule has 0 aliphatic carbocycles. The van der Waals surface area contributed by atoms with Crippen LogP contribution in [0.25, 0.3) is 0 Å². The van der Waals surface area contributed by atoms with E-state index in [-0.39, 0.29) is 16.7 Å². The van der Waals surface area contributed by atoms with Crippen LogP contribution >= 0.6 is 11.8 Å². The second-order valence-electron chi connectivity index (χ2n) is 3.43. The second kappa shape index (κ2) is 5.17. The number of hydrogen-bond acceptors (Lipinski definition) is 6. The number of nitrogens with one attached hydrogen (secondary N) is 1. The minimum absolute atomic E-state index is 0.0408. The van der Waals surface area contributed by atoms with Gasteiger partial charge in [-0.05, 0) is 12.1 Å². The van der Waals surface area contributed by atoms with Crippen molar-refractivity contribution in [1.29, 1.82) is 0 Å². The molecule has 6 nitrogen and oxygen atoms in total. The fraction of sp³-hybridized carbons (Fsp3) is 0.300. The van der Waals surface area contributed by atoms with E-state index >= 15 is 0 Å². The summed E-state index contributed by atoms with van der Waals surface area (Å²) in [5, 5.41) is 11.9. The lowest BCUT2D eigenvalue weighted by atomic mass is 10.3. The molecule has 0 saturated heterocycles. The summed E-state index contributed by atoms with van der Waals surface area (Å²) in [6.07, 6.45) is 0. The summed E-state index contributed by atoms with van der Waals surface area (Å²) in [4.78, 5) is 0.0928. The molecule has 1 aliphatic heterocycles. The number of sulfonamides is 1. The SMILES string of the molecule is COc1ccc2c(c1)S(=O)(=O)N=C(SCCO)N2. The monoisotopic (exact) mass is 288 g/mol. The Labute approximate surface area is 109 Å². The number of methoxy groups -OCH3 is 1. The molecular weight excluding hydrogens is 276 g/mol. The summed E-state index contributed by atoms with van der Waals surface area (Å²) >= 11 is 1.15. The fourth-order valence-electron chi connectivity index (χ4n) is 1.45. The lowest BCUT2D eigenvalue weighted by Crippen LogP contribution is -2.19. The van der Waals surface area contributed by atoms with Gasteiger partial charge in [-0.25, -0.2) is 0 Å². The van der Waals surface area contributed by atoms with Crippen LogP contribution in [0.4, 0.5) is 5.69 Å². The molecule has 0 bridgehead atoms. The zero-order chi connectivity index (χ0) is 13.2. The molecule has 8 heteroatoms. The zero-order valence-corrected chi connectivity index (χ0v) is 11.2. The van der Waals surface area contributed by atoms with Crippen molar-refractivity contribution in [3.05, 3.63) is 18.2 Å². The number of nitrogens with zero attached hydrogens (tertiary/aromatic N) is 1. The number of benzene rings is 1. The number of rotatable bonds is 3. The highest BCUT2D eigenvalue weighted by molar-refractivity contribution is 8.14. The fourth-order valence-corrected chi connectivity index (χ4v) is 3.44. The molecule has 0 unspecified atom stereocenters. The molecule has 0 spiro atoms. The van der Waals surface area contributed by atoms with E-state index in [0.717, 1.165) is 11.8 Å². The summed E-state index contributed by atoms with van der Waals surface area (Å²) in [5.74, 6) is 0.841. The van der Waals surface area contributed by atoms with E-state index in [1.54, 1.807) is 12.1 Å². The van der Waals surface area contributed by atoms with Crippen LogP contribution in [-0.2, 0) is 10.0 Å². The summed E-state index contributed by atoms with van der Waals surface area (Å²) in [5.41, 5.74) is 0.464. The molecule has 18 heavy (non-hydrogen) atoms. The van der Waals surface area contributed by atoms with Gasteiger partial charge < -0.3 is 15.2 Å². The Hall–Kier alpha value is -1.25. The van der Waals surface area contributed by atoms with E-state index in [9.17, 15) is 8.42 Å². The van der Waals surface area contributed by atoms with Crippen LogP contribution in [0.2, 0.25) is 0 Å². The predicted molar refractivity (Wildman–Crippen MR) is 70.8 cm³/mol. The Morgan fingerprint density at radius 2 is 2.28 bits per heavy atom. The summed E-state index contributed by atoms with van der Waals surface area (Å²) in [6, 6.07) is 4.72. The Morgan fingerprint density at radius 1 is 1.50 bits per heavy atom. The number of hydrogen-bond donors (Lipinski definition) is 2. The van der Waals surface area contributed by atoms with Crippen LogP contribution in [0, 0.1) is 0 Å². The van der Waals surface area contributed by atoms with Gasteiger partial charge in [-0.2, -0.15) is 8.42 Å². The molecule has 0 aromatic heterocycles. The number of thioether (sulfide) groups is 1. The Morgan fingerprint density at radius 3 is 2.94 bits per heavy atom. The van der Waals surface area contributed by atoms with Crippen molar-refractivity contribution >= 4 is 32.6 Å². The van der Waals surface area contributed by atoms with E-state index in [0.29, 0.717) is 17.2 Å². The van der Waals surface area contributed by atoms with Gasteiger partial charge >= 0.3 is 0 Å². The first kappa shape index (κ1) is 13.2. The van der Waals surface area contributed by atoms with E-state index in [2.05, 4.69) is 9.71 Å². The minimum Gasteiger partial charge on any atom is -0.497 e. The summed E-state index contributed by atoms with van der Waals surface area (Å²) < 4.78 is 32.5. The van der Waals surface area contributed by atoms with Crippen molar-refractivity contribution in [1.82, 2.24) is 0 Å². The van der Waals surface area contributed by atoms with E-state index in [1.807, 2.05) is 0 Å². The molecule has 1 heterocycles. The molecular formula is C10H12N2O4S2. The molecule has 2 rings (SSSR count). The van der Waals surface area contributed by atoms with E-state index in [1.165, 1.54) is 13.2 Å². The van der Waals surface area contributed by atoms with Gasteiger partial charge in [0.05, 0.1) is 19.4 Å². The smallest absolute Gasteiger partial charge is 0.286 e. The van der Waals surface area contributed by atoms with Gasteiger partial charge in [0, 0.05) is 11.8 Å². The van der Waals surface area contributed by atoms with Crippen LogP contribution < -0.4 is 10.1 Å². The maximum Gasteiger partial charge on any atom is 0.286 e. The summed E-state index contributed by atoms with van der Waals surface area (Å²) in [7, 11) is -2.24. The van der Waals surface area contributed by atoms with Crippen LogP contribution in [0.5, 0.6) is 5.75 Å². The van der Waals surface area contributed by atoms with Crippen LogP contribution in [0.1, 0.15) is 0 Å². The van der Waals surface area contributed by atoms with Crippen molar-refractivity contribution in [3.8, 4) is 5.75 Å². The Kier molecular flexibility index (Phi) is 3.79. The molecule has 0 amide bonds. The normalized spacial score (nSPS) is 16.4. The maximum absolute atomic E-state index is 12.0. The van der Waals surface area contributed by atoms with Gasteiger partial charge in [0.1, 0.15) is 10.6 Å². The molecule has 1 aliphatic rings. The highest BCUT2D eigenvalue weighted by atomic mass is 32.2. The van der Waals surface area contributed by atoms with Crippen molar-refractivity contribution < 1.29 is 18.3 Å². The highest BCUT2D eigenvalue weighted by Crippen LogP contribution is 2.32. The topological polar surface area (TPSA) is 88.0 Å². The van der Waals surface area contributed by atoms with Crippen molar-refractivity contribution in [2.24, 2.45) is 4.40 Å². The van der Waals surface area contributed by atoms with Crippen molar-refractivity contribution in [2.75, 3.05) is 24.8 Å². The van der Waals surface area contributed by atoms with Crippen molar-refractivity contribution in [2.45, 2.75) is 4.90 Å². The Bertz CT molecular complexity index is 584. The largest absolute Gasteiger partial charge is 0.497 e. The van der Waals surface area contributed by atoms with Gasteiger partial charge in [-0.1, -0.05) is 11.8 Å². The van der Waals surface area contributed by atoms with E-state index < -0.39 is 10.0 Å². The van der Waals surface area contributed by atoms with Gasteiger partial charge in [-0.3, -0.25) is 0 Å². The molecule has 1 aromatic rings. The first-order chi connectivity index (χ1) is 8.56. The van der Waals surface area contributed by atoms with Crippen LogP contribution in [0.3, 0.4) is 0 Å². The lowest BCUT2D eigenvalue weighted by molar-refractivity contribution is 0.323. The number of fused-ring (bicyclic) bond motifs is 1. The number of amidine groups is 1. The van der Waals surface area contributed by atoms with Crippen LogP contribution in [0.15, 0.2) is 27.5 Å². The number of aliphatic hydroxyl groups excluding tert-OH is 1. The Balaban J connectivity index is 2.39. The second-order valence-corrected chi connectivity index (χ2v) is 6.09. The number of anilines is 1. The van der Waals surface area contributed by atoms with Gasteiger partial charge in [0.2, 0.25) is 0 Å². The third-order valence-electron chi connectivity index (χ3n) is 2.24. The standard InChI is InChI=1S/C10H12N2O4S2/c1-16-7-2-3-8-9(6-7)18(14,15)12-10(11-8)17-5-4-13/h2-3,6,13H,4-5H2,1H3,(H,11,12). The van der Waals surface area contributed by atoms with Gasteiger partial charge in [-0.15, -0.1) is 4.40 Å². The molecule has 0 saturated carbocycles. The summed E-state index contributed by atoms with van der Waals surface area (Å²) in [6.45, 7) is -0.0408. The third-order valence-corrected chi connectivity index (χ3v) is 4.53. The molecule has 0 radical (unpaired) electrons.